The maximum atomic E-state index is 12.9. The van der Waals surface area contributed by atoms with E-state index in [9.17, 15) is 8.42 Å². The summed E-state index contributed by atoms with van der Waals surface area (Å²) in [5.41, 5.74) is 0.910. The molecule has 2 fully saturated rings. The molecule has 0 spiro atoms. The molecule has 162 valence electrons. The molecule has 0 atom stereocenters. The molecule has 4 rings (SSSR count). The second kappa shape index (κ2) is 9.08. The summed E-state index contributed by atoms with van der Waals surface area (Å²) in [6, 6.07) is 8.83. The summed E-state index contributed by atoms with van der Waals surface area (Å²) < 4.78 is 27.4. The van der Waals surface area contributed by atoms with E-state index >= 15 is 0 Å². The maximum Gasteiger partial charge on any atom is 0.243 e. The Hall–Kier alpha value is -1.90. The fourth-order valence-corrected chi connectivity index (χ4v) is 5.87. The molecule has 2 aromatic rings. The van der Waals surface area contributed by atoms with Crippen molar-refractivity contribution in [2.45, 2.75) is 50.0 Å². The van der Waals surface area contributed by atoms with Crippen molar-refractivity contribution in [1.29, 1.82) is 0 Å². The van der Waals surface area contributed by atoms with Crippen LogP contribution < -0.4 is 10.2 Å². The van der Waals surface area contributed by atoms with Crippen molar-refractivity contribution in [3.63, 3.8) is 0 Å². The lowest BCUT2D eigenvalue weighted by atomic mass is 9.96. The molecular weight excluding hydrogens is 422 g/mol. The molecule has 1 aliphatic heterocycles. The van der Waals surface area contributed by atoms with E-state index in [-0.39, 0.29) is 4.90 Å². The number of anilines is 2. The number of nitrogens with one attached hydrogen (secondary N) is 1. The van der Waals surface area contributed by atoms with Gasteiger partial charge in [0.25, 0.3) is 0 Å². The summed E-state index contributed by atoms with van der Waals surface area (Å²) in [6.45, 7) is 3.95. The highest BCUT2D eigenvalue weighted by molar-refractivity contribution is 7.89. The van der Waals surface area contributed by atoms with Crippen molar-refractivity contribution < 1.29 is 8.42 Å². The zero-order valence-corrected chi connectivity index (χ0v) is 18.8. The van der Waals surface area contributed by atoms with Crippen molar-refractivity contribution in [1.82, 2.24) is 14.3 Å². The number of aromatic nitrogens is 2. The van der Waals surface area contributed by atoms with Crippen molar-refractivity contribution in [3.05, 3.63) is 41.0 Å². The zero-order valence-electron chi connectivity index (χ0n) is 17.2. The summed E-state index contributed by atoms with van der Waals surface area (Å²) >= 11 is 5.98. The predicted molar refractivity (Wildman–Crippen MR) is 120 cm³/mol. The summed E-state index contributed by atoms with van der Waals surface area (Å²) in [5.74, 6) is 1.52. The SMILES string of the molecule is Cc1cc(N2CCN(S(=O)(=O)c3cccc(Cl)c3)CC2)nc(NC2CCCCC2)n1. The van der Waals surface area contributed by atoms with E-state index in [1.807, 2.05) is 13.0 Å². The van der Waals surface area contributed by atoms with Crippen LogP contribution in [-0.2, 0) is 10.0 Å². The van der Waals surface area contributed by atoms with Gasteiger partial charge in [-0.1, -0.05) is 36.9 Å². The Morgan fingerprint density at radius 3 is 2.47 bits per heavy atom. The number of nitrogens with zero attached hydrogens (tertiary/aromatic N) is 4. The van der Waals surface area contributed by atoms with Crippen molar-refractivity contribution in [3.8, 4) is 0 Å². The second-order valence-electron chi connectivity index (χ2n) is 8.02. The first-order valence-electron chi connectivity index (χ1n) is 10.5. The average Bonchev–Trinajstić information content (AvgIpc) is 2.74. The van der Waals surface area contributed by atoms with Gasteiger partial charge in [0, 0.05) is 49.0 Å². The third kappa shape index (κ3) is 4.87. The molecule has 1 N–H and O–H groups in total. The van der Waals surface area contributed by atoms with Gasteiger partial charge in [-0.3, -0.25) is 0 Å². The van der Waals surface area contributed by atoms with Crippen molar-refractivity contribution in [2.24, 2.45) is 0 Å². The first kappa shape index (κ1) is 21.3. The van der Waals surface area contributed by atoms with Gasteiger partial charge in [0.2, 0.25) is 16.0 Å². The third-order valence-electron chi connectivity index (χ3n) is 5.78. The highest BCUT2D eigenvalue weighted by atomic mass is 35.5. The van der Waals surface area contributed by atoms with Gasteiger partial charge in [-0.25, -0.2) is 13.4 Å². The molecule has 2 heterocycles. The van der Waals surface area contributed by atoms with Crippen LogP contribution in [0.1, 0.15) is 37.8 Å². The number of halogens is 1. The number of aryl methyl sites for hydroxylation is 1. The van der Waals surface area contributed by atoms with Gasteiger partial charge in [0.05, 0.1) is 4.90 Å². The topological polar surface area (TPSA) is 78.4 Å². The summed E-state index contributed by atoms with van der Waals surface area (Å²) in [5, 5.41) is 3.91. The smallest absolute Gasteiger partial charge is 0.243 e. The fraction of sp³-hybridized carbons (Fsp3) is 0.524. The van der Waals surface area contributed by atoms with Crippen LogP contribution in [-0.4, -0.2) is 54.9 Å². The molecule has 1 aromatic carbocycles. The van der Waals surface area contributed by atoms with Crippen molar-refractivity contribution in [2.75, 3.05) is 36.4 Å². The van der Waals surface area contributed by atoms with Gasteiger partial charge in [0.15, 0.2) is 0 Å². The van der Waals surface area contributed by atoms with E-state index < -0.39 is 10.0 Å². The standard InChI is InChI=1S/C21H28ClN5O2S/c1-16-14-20(25-21(23-16)24-18-7-3-2-4-8-18)26-10-12-27(13-11-26)30(28,29)19-9-5-6-17(22)15-19/h5-6,9,14-15,18H,2-4,7-8,10-13H2,1H3,(H,23,24,25). The van der Waals surface area contributed by atoms with Gasteiger partial charge in [-0.2, -0.15) is 9.29 Å². The van der Waals surface area contributed by atoms with Crippen LogP contribution in [0.4, 0.5) is 11.8 Å². The maximum absolute atomic E-state index is 12.9. The minimum Gasteiger partial charge on any atom is -0.354 e. The molecule has 1 aliphatic carbocycles. The molecule has 9 heteroatoms. The Bertz CT molecular complexity index is 987. The number of piperazine rings is 1. The van der Waals surface area contributed by atoms with Crippen LogP contribution in [0, 0.1) is 6.92 Å². The minimum atomic E-state index is -3.55. The molecule has 30 heavy (non-hydrogen) atoms. The molecule has 1 aromatic heterocycles. The van der Waals surface area contributed by atoms with Crippen LogP contribution in [0.2, 0.25) is 5.02 Å². The monoisotopic (exact) mass is 449 g/mol. The molecule has 1 saturated carbocycles. The van der Waals surface area contributed by atoms with E-state index in [1.165, 1.54) is 29.6 Å². The lowest BCUT2D eigenvalue weighted by Gasteiger charge is -2.35. The van der Waals surface area contributed by atoms with Crippen LogP contribution >= 0.6 is 11.6 Å². The first-order chi connectivity index (χ1) is 14.4. The van der Waals surface area contributed by atoms with E-state index in [0.29, 0.717) is 43.2 Å². The number of rotatable bonds is 5. The molecule has 1 saturated heterocycles. The summed E-state index contributed by atoms with van der Waals surface area (Å²) in [6.07, 6.45) is 6.12. The van der Waals surface area contributed by atoms with Crippen LogP contribution in [0.15, 0.2) is 35.2 Å². The van der Waals surface area contributed by atoms with Crippen LogP contribution in [0.3, 0.4) is 0 Å². The average molecular weight is 450 g/mol. The lowest BCUT2D eigenvalue weighted by molar-refractivity contribution is 0.383. The van der Waals surface area contributed by atoms with E-state index in [0.717, 1.165) is 24.4 Å². The van der Waals surface area contributed by atoms with E-state index in [1.54, 1.807) is 18.2 Å². The predicted octanol–water partition coefficient (Wildman–Crippen LogP) is 3.69. The highest BCUT2D eigenvalue weighted by Crippen LogP contribution is 2.24. The minimum absolute atomic E-state index is 0.236. The molecule has 0 amide bonds. The molecule has 0 bridgehead atoms. The normalized spacial score (nSPS) is 19.1. The van der Waals surface area contributed by atoms with Gasteiger partial charge >= 0.3 is 0 Å². The van der Waals surface area contributed by atoms with Gasteiger partial charge in [-0.15, -0.1) is 0 Å². The summed E-state index contributed by atoms with van der Waals surface area (Å²) in [4.78, 5) is 11.6. The number of hydrogen-bond acceptors (Lipinski definition) is 6. The first-order valence-corrected chi connectivity index (χ1v) is 12.4. The van der Waals surface area contributed by atoms with Crippen LogP contribution in [0.25, 0.3) is 0 Å². The fourth-order valence-electron chi connectivity index (χ4n) is 4.14. The third-order valence-corrected chi connectivity index (χ3v) is 7.91. The Labute approximate surface area is 183 Å². The quantitative estimate of drug-likeness (QED) is 0.749. The van der Waals surface area contributed by atoms with Crippen molar-refractivity contribution >= 4 is 33.4 Å². The Morgan fingerprint density at radius 2 is 1.77 bits per heavy atom. The van der Waals surface area contributed by atoms with Gasteiger partial charge in [0.1, 0.15) is 5.82 Å². The molecule has 2 aliphatic rings. The molecule has 0 radical (unpaired) electrons. The summed E-state index contributed by atoms with van der Waals surface area (Å²) in [7, 11) is -3.55. The number of sulfonamides is 1. The van der Waals surface area contributed by atoms with E-state index in [2.05, 4.69) is 15.2 Å². The van der Waals surface area contributed by atoms with Gasteiger partial charge in [-0.05, 0) is 38.0 Å². The Morgan fingerprint density at radius 1 is 1.03 bits per heavy atom. The number of benzene rings is 1. The van der Waals surface area contributed by atoms with Crippen LogP contribution in [0.5, 0.6) is 0 Å². The zero-order chi connectivity index (χ0) is 21.1. The Balaban J connectivity index is 1.43. The second-order valence-corrected chi connectivity index (χ2v) is 10.4. The molecular formula is C21H28ClN5O2S. The highest BCUT2D eigenvalue weighted by Gasteiger charge is 2.29. The largest absolute Gasteiger partial charge is 0.354 e. The van der Waals surface area contributed by atoms with Gasteiger partial charge < -0.3 is 10.2 Å². The van der Waals surface area contributed by atoms with E-state index in [4.69, 9.17) is 16.6 Å². The molecule has 0 unspecified atom stereocenters. The number of hydrogen-bond donors (Lipinski definition) is 1. The lowest BCUT2D eigenvalue weighted by Crippen LogP contribution is -2.49. The Kier molecular flexibility index (Phi) is 6.46. The molecule has 7 nitrogen and oxygen atoms in total.